The maximum absolute atomic E-state index is 13.7. The summed E-state index contributed by atoms with van der Waals surface area (Å²) >= 11 is 0. The average molecular weight is 596 g/mol. The molecule has 0 saturated carbocycles. The highest BCUT2D eigenvalue weighted by Crippen LogP contribution is 2.37. The molecule has 5 N–H and O–H groups in total. The summed E-state index contributed by atoms with van der Waals surface area (Å²) in [5.74, 6) is -2.24. The fourth-order valence-corrected chi connectivity index (χ4v) is 5.13. The van der Waals surface area contributed by atoms with Crippen molar-refractivity contribution in [2.75, 3.05) is 13.1 Å². The molecule has 2 fully saturated rings. The molecule has 2 heterocycles. The zero-order chi connectivity index (χ0) is 30.3. The van der Waals surface area contributed by atoms with Gasteiger partial charge in [0.2, 0.25) is 23.6 Å². The second-order valence-corrected chi connectivity index (χ2v) is 11.6. The van der Waals surface area contributed by atoms with Gasteiger partial charge in [-0.15, -0.1) is 0 Å². The number of rotatable bonds is 11. The number of phosphoric acid groups is 1. The minimum absolute atomic E-state index is 0.00206. The molecule has 4 atom stereocenters. The van der Waals surface area contributed by atoms with E-state index in [-0.39, 0.29) is 49.3 Å². The van der Waals surface area contributed by atoms with E-state index in [1.165, 1.54) is 41.2 Å². The normalized spacial score (nSPS) is 20.8. The summed E-state index contributed by atoms with van der Waals surface area (Å²) < 4.78 is 15.6. The molecule has 0 spiro atoms. The van der Waals surface area contributed by atoms with Crippen molar-refractivity contribution in [3.05, 3.63) is 29.8 Å². The van der Waals surface area contributed by atoms with Gasteiger partial charge < -0.3 is 20.5 Å². The standard InChI is InChI=1S/C26H38N5O9P/c1-4-16(2)15-27-25(35)22-6-5-13-30-23(33)12-11-20(26(36)31(22)30)29-24(34)21(28-17(3)32)14-18-7-9-19(10-8-18)40-41(37,38)39/h7-10,16,20-22H,4-6,11-15H2,1-3H3,(H,27,35)(H,28,32)(H,29,34)(H2,37,38,39)/t16-,20-,21-,22-/m0/s1. The van der Waals surface area contributed by atoms with Crippen molar-refractivity contribution in [3.63, 3.8) is 0 Å². The fourth-order valence-electron chi connectivity index (χ4n) is 4.73. The molecule has 0 bridgehead atoms. The Hall–Kier alpha value is -3.48. The monoisotopic (exact) mass is 595 g/mol. The number of carbonyl (C=O) groups excluding carboxylic acids is 5. The van der Waals surface area contributed by atoms with Gasteiger partial charge in [-0.25, -0.2) is 9.57 Å². The van der Waals surface area contributed by atoms with E-state index in [0.29, 0.717) is 24.9 Å². The lowest BCUT2D eigenvalue weighted by atomic mass is 10.0. The van der Waals surface area contributed by atoms with Crippen LogP contribution in [0.2, 0.25) is 0 Å². The second kappa shape index (κ2) is 13.9. The Labute approximate surface area is 238 Å². The topological polar surface area (TPSA) is 195 Å². The van der Waals surface area contributed by atoms with E-state index >= 15 is 0 Å². The van der Waals surface area contributed by atoms with Crippen LogP contribution in [0, 0.1) is 5.92 Å². The van der Waals surface area contributed by atoms with Gasteiger partial charge in [0.25, 0.3) is 5.91 Å². The van der Waals surface area contributed by atoms with Gasteiger partial charge in [-0.2, -0.15) is 0 Å². The quantitative estimate of drug-likeness (QED) is 0.225. The minimum Gasteiger partial charge on any atom is -0.404 e. The Kier molecular flexibility index (Phi) is 10.9. The predicted octanol–water partition coefficient (Wildman–Crippen LogP) is 0.381. The van der Waals surface area contributed by atoms with E-state index < -0.39 is 43.7 Å². The third-order valence-electron chi connectivity index (χ3n) is 7.08. The van der Waals surface area contributed by atoms with Crippen LogP contribution in [0.25, 0.3) is 0 Å². The lowest BCUT2D eigenvalue weighted by Gasteiger charge is -2.43. The van der Waals surface area contributed by atoms with Crippen LogP contribution in [0.5, 0.6) is 5.75 Å². The van der Waals surface area contributed by atoms with Crippen LogP contribution in [-0.2, 0) is 35.0 Å². The molecule has 2 aliphatic heterocycles. The van der Waals surface area contributed by atoms with Crippen LogP contribution in [0.15, 0.2) is 24.3 Å². The number of fused-ring (bicyclic) bond motifs is 1. The molecule has 15 heteroatoms. The van der Waals surface area contributed by atoms with Crippen LogP contribution in [-0.4, -0.2) is 80.6 Å². The van der Waals surface area contributed by atoms with Gasteiger partial charge in [-0.05, 0) is 42.9 Å². The number of hydrogen-bond donors (Lipinski definition) is 5. The summed E-state index contributed by atoms with van der Waals surface area (Å²) in [6.45, 7) is 5.97. The SMILES string of the molecule is CC[C@H](C)CNC(=O)[C@@H]1CCCN2C(=O)CC[C@H](NC(=O)[C@H](Cc3ccc(OP(=O)(O)O)cc3)NC(C)=O)C(=O)N12. The summed E-state index contributed by atoms with van der Waals surface area (Å²) in [5, 5.41) is 10.6. The van der Waals surface area contributed by atoms with Crippen molar-refractivity contribution in [3.8, 4) is 5.75 Å². The Morgan fingerprint density at radius 2 is 1.83 bits per heavy atom. The van der Waals surface area contributed by atoms with Crippen molar-refractivity contribution in [1.29, 1.82) is 0 Å². The molecule has 1 aromatic carbocycles. The first-order chi connectivity index (χ1) is 19.3. The number of phosphoric ester groups is 1. The molecule has 2 saturated heterocycles. The van der Waals surface area contributed by atoms with Crippen LogP contribution < -0.4 is 20.5 Å². The zero-order valence-electron chi connectivity index (χ0n) is 23.4. The lowest BCUT2D eigenvalue weighted by Crippen LogP contribution is -2.64. The van der Waals surface area contributed by atoms with Gasteiger partial charge >= 0.3 is 7.82 Å². The van der Waals surface area contributed by atoms with Crippen LogP contribution in [0.1, 0.15) is 58.4 Å². The summed E-state index contributed by atoms with van der Waals surface area (Å²) in [6, 6.07) is 2.51. The molecule has 41 heavy (non-hydrogen) atoms. The first-order valence-corrected chi connectivity index (χ1v) is 15.1. The van der Waals surface area contributed by atoms with Crippen molar-refractivity contribution < 1.29 is 42.8 Å². The Balaban J connectivity index is 1.76. The van der Waals surface area contributed by atoms with Gasteiger partial charge in [0.1, 0.15) is 23.9 Å². The number of hydrazine groups is 1. The number of hydrogen-bond acceptors (Lipinski definition) is 7. The van der Waals surface area contributed by atoms with Gasteiger partial charge in [0.15, 0.2) is 0 Å². The zero-order valence-corrected chi connectivity index (χ0v) is 24.3. The summed E-state index contributed by atoms with van der Waals surface area (Å²) in [5.41, 5.74) is 0.541. The second-order valence-electron chi connectivity index (χ2n) is 10.4. The van der Waals surface area contributed by atoms with Crippen LogP contribution in [0.4, 0.5) is 0 Å². The van der Waals surface area contributed by atoms with Crippen molar-refractivity contribution in [2.45, 2.75) is 77.4 Å². The van der Waals surface area contributed by atoms with Crippen molar-refractivity contribution in [1.82, 2.24) is 26.0 Å². The summed E-state index contributed by atoms with van der Waals surface area (Å²) in [4.78, 5) is 82.8. The molecule has 226 valence electrons. The molecule has 0 radical (unpaired) electrons. The fraction of sp³-hybridized carbons (Fsp3) is 0.577. The van der Waals surface area contributed by atoms with Gasteiger partial charge in [0, 0.05) is 32.9 Å². The molecule has 14 nitrogen and oxygen atoms in total. The largest absolute Gasteiger partial charge is 0.524 e. The highest BCUT2D eigenvalue weighted by molar-refractivity contribution is 7.46. The first kappa shape index (κ1) is 32.0. The molecule has 0 unspecified atom stereocenters. The Bertz CT molecular complexity index is 1190. The van der Waals surface area contributed by atoms with Crippen LogP contribution >= 0.6 is 7.82 Å². The number of nitrogens with zero attached hydrogens (tertiary/aromatic N) is 2. The van der Waals surface area contributed by atoms with E-state index in [1.54, 1.807) is 0 Å². The highest BCUT2D eigenvalue weighted by Gasteiger charge is 2.44. The molecule has 5 amide bonds. The van der Waals surface area contributed by atoms with Crippen molar-refractivity contribution >= 4 is 37.4 Å². The van der Waals surface area contributed by atoms with E-state index in [2.05, 4.69) is 20.5 Å². The lowest BCUT2D eigenvalue weighted by molar-refractivity contribution is -0.176. The first-order valence-electron chi connectivity index (χ1n) is 13.6. The molecule has 2 aliphatic rings. The average Bonchev–Trinajstić information content (AvgIpc) is 3.03. The number of amides is 5. The predicted molar refractivity (Wildman–Crippen MR) is 146 cm³/mol. The molecule has 0 aromatic heterocycles. The Morgan fingerprint density at radius 3 is 2.44 bits per heavy atom. The molecular formula is C26H38N5O9P. The third-order valence-corrected chi connectivity index (χ3v) is 7.53. The molecular weight excluding hydrogens is 557 g/mol. The van der Waals surface area contributed by atoms with Gasteiger partial charge in [-0.3, -0.25) is 38.8 Å². The maximum atomic E-state index is 13.7. The smallest absolute Gasteiger partial charge is 0.404 e. The maximum Gasteiger partial charge on any atom is 0.524 e. The molecule has 3 rings (SSSR count). The van der Waals surface area contributed by atoms with E-state index in [0.717, 1.165) is 6.42 Å². The van der Waals surface area contributed by atoms with Crippen molar-refractivity contribution in [2.24, 2.45) is 5.92 Å². The number of benzene rings is 1. The third kappa shape index (κ3) is 9.00. The molecule has 0 aliphatic carbocycles. The Morgan fingerprint density at radius 1 is 1.15 bits per heavy atom. The van der Waals surface area contributed by atoms with E-state index in [9.17, 15) is 28.5 Å². The summed E-state index contributed by atoms with van der Waals surface area (Å²) in [7, 11) is -4.74. The molecule has 1 aromatic rings. The van der Waals surface area contributed by atoms with Crippen LogP contribution in [0.3, 0.4) is 0 Å². The van der Waals surface area contributed by atoms with Gasteiger partial charge in [0.05, 0.1) is 0 Å². The summed E-state index contributed by atoms with van der Waals surface area (Å²) in [6.07, 6.45) is 1.80. The highest BCUT2D eigenvalue weighted by atomic mass is 31.2. The minimum atomic E-state index is -4.74. The van der Waals surface area contributed by atoms with E-state index in [4.69, 9.17) is 9.79 Å². The number of carbonyl (C=O) groups is 5. The van der Waals surface area contributed by atoms with E-state index in [1.807, 2.05) is 13.8 Å². The number of nitrogens with one attached hydrogen (secondary N) is 3. The van der Waals surface area contributed by atoms with Gasteiger partial charge in [-0.1, -0.05) is 32.4 Å².